The Labute approximate surface area is 215 Å². The van der Waals surface area contributed by atoms with Crippen molar-refractivity contribution in [2.24, 2.45) is 5.92 Å². The van der Waals surface area contributed by atoms with Crippen LogP contribution in [0.3, 0.4) is 0 Å². The van der Waals surface area contributed by atoms with Crippen molar-refractivity contribution < 1.29 is 23.9 Å². The second-order valence-electron chi connectivity index (χ2n) is 9.10. The SMILES string of the molecule is CCOC(=O)c1c(NC(=O)[C@@H](C)OC(=O)C(c2ccccc2)c2ccccc2)sc2c1CC[C@@H](C)C2. The summed E-state index contributed by atoms with van der Waals surface area (Å²) < 4.78 is 10.9. The molecule has 0 saturated heterocycles. The van der Waals surface area contributed by atoms with Crippen LogP contribution in [0.2, 0.25) is 0 Å². The molecule has 2 atom stereocenters. The van der Waals surface area contributed by atoms with Crippen molar-refractivity contribution >= 4 is 34.2 Å². The van der Waals surface area contributed by atoms with Crippen molar-refractivity contribution in [2.75, 3.05) is 11.9 Å². The largest absolute Gasteiger partial charge is 0.462 e. The van der Waals surface area contributed by atoms with Crippen molar-refractivity contribution in [1.82, 2.24) is 0 Å². The van der Waals surface area contributed by atoms with Crippen molar-refractivity contribution in [3.05, 3.63) is 87.8 Å². The Balaban J connectivity index is 1.53. The monoisotopic (exact) mass is 505 g/mol. The molecule has 4 rings (SSSR count). The van der Waals surface area contributed by atoms with Gasteiger partial charge in [-0.1, -0.05) is 67.6 Å². The quantitative estimate of drug-likeness (QED) is 0.394. The maximum Gasteiger partial charge on any atom is 0.341 e. The van der Waals surface area contributed by atoms with Crippen LogP contribution in [0.1, 0.15) is 65.0 Å². The Bertz CT molecular complexity index is 1180. The molecule has 0 fully saturated rings. The van der Waals surface area contributed by atoms with Crippen LogP contribution in [-0.2, 0) is 31.9 Å². The molecule has 1 aliphatic carbocycles. The number of hydrogen-bond donors (Lipinski definition) is 1. The molecule has 188 valence electrons. The number of esters is 2. The number of hydrogen-bond acceptors (Lipinski definition) is 6. The third kappa shape index (κ3) is 5.68. The first-order valence-electron chi connectivity index (χ1n) is 12.3. The first-order chi connectivity index (χ1) is 17.4. The number of ether oxygens (including phenoxy) is 2. The molecule has 6 nitrogen and oxygen atoms in total. The lowest BCUT2D eigenvalue weighted by Gasteiger charge is -2.20. The van der Waals surface area contributed by atoms with Crippen molar-refractivity contribution in [3.8, 4) is 0 Å². The molecule has 1 aromatic heterocycles. The molecule has 36 heavy (non-hydrogen) atoms. The Morgan fingerprint density at radius 3 is 2.22 bits per heavy atom. The molecule has 1 aliphatic rings. The van der Waals surface area contributed by atoms with Gasteiger partial charge in [0.25, 0.3) is 5.91 Å². The van der Waals surface area contributed by atoms with Crippen LogP contribution in [0.5, 0.6) is 0 Å². The van der Waals surface area contributed by atoms with Gasteiger partial charge in [-0.25, -0.2) is 4.79 Å². The zero-order chi connectivity index (χ0) is 25.7. The first-order valence-corrected chi connectivity index (χ1v) is 13.1. The Morgan fingerprint density at radius 2 is 1.64 bits per heavy atom. The molecule has 3 aromatic rings. The minimum absolute atomic E-state index is 0.252. The molecule has 0 spiro atoms. The summed E-state index contributed by atoms with van der Waals surface area (Å²) in [6.45, 7) is 5.73. The summed E-state index contributed by atoms with van der Waals surface area (Å²) in [6, 6.07) is 18.7. The highest BCUT2D eigenvalue weighted by atomic mass is 32.1. The number of rotatable bonds is 8. The van der Waals surface area contributed by atoms with E-state index >= 15 is 0 Å². The molecule has 1 N–H and O–H groups in total. The van der Waals surface area contributed by atoms with Gasteiger partial charge >= 0.3 is 11.9 Å². The van der Waals surface area contributed by atoms with Gasteiger partial charge in [-0.3, -0.25) is 9.59 Å². The molecule has 0 unspecified atom stereocenters. The van der Waals surface area contributed by atoms with Gasteiger partial charge in [-0.05, 0) is 55.7 Å². The van der Waals surface area contributed by atoms with Gasteiger partial charge in [0.15, 0.2) is 6.10 Å². The highest BCUT2D eigenvalue weighted by Crippen LogP contribution is 2.40. The van der Waals surface area contributed by atoms with Crippen LogP contribution in [0.25, 0.3) is 0 Å². The van der Waals surface area contributed by atoms with E-state index in [2.05, 4.69) is 12.2 Å². The molecule has 0 aliphatic heterocycles. The number of anilines is 1. The van der Waals surface area contributed by atoms with E-state index in [1.807, 2.05) is 60.7 Å². The van der Waals surface area contributed by atoms with Crippen LogP contribution in [-0.4, -0.2) is 30.6 Å². The Kier molecular flexibility index (Phi) is 8.21. The number of carbonyl (C=O) groups is 3. The van der Waals surface area contributed by atoms with E-state index < -0.39 is 29.9 Å². The van der Waals surface area contributed by atoms with E-state index in [1.165, 1.54) is 11.3 Å². The summed E-state index contributed by atoms with van der Waals surface area (Å²) >= 11 is 1.41. The Morgan fingerprint density at radius 1 is 1.03 bits per heavy atom. The average Bonchev–Trinajstić information content (AvgIpc) is 3.22. The smallest absolute Gasteiger partial charge is 0.341 e. The average molecular weight is 506 g/mol. The third-order valence-electron chi connectivity index (χ3n) is 6.39. The van der Waals surface area contributed by atoms with E-state index in [0.29, 0.717) is 16.5 Å². The maximum absolute atomic E-state index is 13.3. The first kappa shape index (κ1) is 25.6. The van der Waals surface area contributed by atoms with Gasteiger partial charge in [-0.15, -0.1) is 11.3 Å². The molecule has 0 bridgehead atoms. The van der Waals surface area contributed by atoms with Crippen molar-refractivity contribution in [3.63, 3.8) is 0 Å². The summed E-state index contributed by atoms with van der Waals surface area (Å²) in [5.41, 5.74) is 2.96. The highest BCUT2D eigenvalue weighted by molar-refractivity contribution is 7.17. The molecule has 1 amide bonds. The Hall–Kier alpha value is -3.45. The van der Waals surface area contributed by atoms with Crippen LogP contribution in [0.4, 0.5) is 5.00 Å². The summed E-state index contributed by atoms with van der Waals surface area (Å²) in [5, 5.41) is 3.31. The van der Waals surface area contributed by atoms with Gasteiger partial charge < -0.3 is 14.8 Å². The van der Waals surface area contributed by atoms with Gasteiger partial charge in [0.05, 0.1) is 12.2 Å². The molecule has 0 radical (unpaired) electrons. The zero-order valence-electron chi connectivity index (χ0n) is 20.8. The highest BCUT2D eigenvalue weighted by Gasteiger charge is 2.32. The molecule has 7 heteroatoms. The number of amides is 1. The predicted octanol–water partition coefficient (Wildman–Crippen LogP) is 5.75. The molecule has 2 aromatic carbocycles. The van der Waals surface area contributed by atoms with Crippen LogP contribution in [0.15, 0.2) is 60.7 Å². The zero-order valence-corrected chi connectivity index (χ0v) is 21.6. The van der Waals surface area contributed by atoms with Gasteiger partial charge in [0.2, 0.25) is 0 Å². The third-order valence-corrected chi connectivity index (χ3v) is 7.56. The number of nitrogens with one attached hydrogen (secondary N) is 1. The lowest BCUT2D eigenvalue weighted by Crippen LogP contribution is -2.32. The summed E-state index contributed by atoms with van der Waals surface area (Å²) in [6.07, 6.45) is 1.57. The van der Waals surface area contributed by atoms with Crippen molar-refractivity contribution in [2.45, 2.75) is 52.1 Å². The number of fused-ring (bicyclic) bond motifs is 1. The second kappa shape index (κ2) is 11.5. The topological polar surface area (TPSA) is 81.7 Å². The molecular formula is C29H31NO5S. The van der Waals surface area contributed by atoms with Crippen LogP contribution < -0.4 is 5.32 Å². The molecule has 1 heterocycles. The minimum atomic E-state index is -1.06. The van der Waals surface area contributed by atoms with E-state index in [1.54, 1.807) is 13.8 Å². The fraction of sp³-hybridized carbons (Fsp3) is 0.345. The number of thiophene rings is 1. The molecular weight excluding hydrogens is 474 g/mol. The lowest BCUT2D eigenvalue weighted by molar-refractivity contribution is -0.153. The number of benzene rings is 2. The van der Waals surface area contributed by atoms with Gasteiger partial charge in [0.1, 0.15) is 10.9 Å². The van der Waals surface area contributed by atoms with E-state index in [-0.39, 0.29) is 6.61 Å². The second-order valence-corrected chi connectivity index (χ2v) is 10.2. The standard InChI is InChI=1S/C29H31NO5S/c1-4-34-28(32)25-22-16-15-18(2)17-23(22)36-27(25)30-26(31)19(3)35-29(33)24(20-11-7-5-8-12-20)21-13-9-6-10-14-21/h5-14,18-19,24H,4,15-17H2,1-3H3,(H,30,31)/t18-,19-/m1/s1. The van der Waals surface area contributed by atoms with Crippen LogP contribution >= 0.6 is 11.3 Å². The normalized spacial score (nSPS) is 15.6. The fourth-order valence-electron chi connectivity index (χ4n) is 4.52. The van der Waals surface area contributed by atoms with E-state index in [9.17, 15) is 14.4 Å². The minimum Gasteiger partial charge on any atom is -0.462 e. The van der Waals surface area contributed by atoms with Gasteiger partial charge in [-0.2, -0.15) is 0 Å². The van der Waals surface area contributed by atoms with E-state index in [0.717, 1.165) is 40.8 Å². The summed E-state index contributed by atoms with van der Waals surface area (Å²) in [4.78, 5) is 40.3. The van der Waals surface area contributed by atoms with Gasteiger partial charge in [0, 0.05) is 4.88 Å². The maximum atomic E-state index is 13.3. The summed E-state index contributed by atoms with van der Waals surface area (Å²) in [7, 11) is 0. The summed E-state index contributed by atoms with van der Waals surface area (Å²) in [5.74, 6) is -1.58. The predicted molar refractivity (Wildman–Crippen MR) is 140 cm³/mol. The van der Waals surface area contributed by atoms with Crippen molar-refractivity contribution in [1.29, 1.82) is 0 Å². The van der Waals surface area contributed by atoms with E-state index in [4.69, 9.17) is 9.47 Å². The number of carbonyl (C=O) groups excluding carboxylic acids is 3. The lowest BCUT2D eigenvalue weighted by atomic mass is 9.88. The fourth-order valence-corrected chi connectivity index (χ4v) is 5.92. The van der Waals surface area contributed by atoms with Crippen LogP contribution in [0, 0.1) is 5.92 Å². The molecule has 0 saturated carbocycles.